The van der Waals surface area contributed by atoms with Gasteiger partial charge < -0.3 is 9.74 Å². The zero-order chi connectivity index (χ0) is 17.5. The van der Waals surface area contributed by atoms with Crippen LogP contribution in [0, 0.1) is 12.8 Å². The van der Waals surface area contributed by atoms with Gasteiger partial charge in [0.2, 0.25) is 0 Å². The first-order chi connectivity index (χ1) is 11.5. The van der Waals surface area contributed by atoms with Gasteiger partial charge in [-0.1, -0.05) is 54.4 Å². The molecule has 0 spiro atoms. The van der Waals surface area contributed by atoms with Crippen LogP contribution < -0.4 is 0 Å². The molecule has 1 saturated carbocycles. The predicted octanol–water partition coefficient (Wildman–Crippen LogP) is 4.78. The number of oxime groups is 1. The number of aryl methyl sites for hydroxylation is 1. The third kappa shape index (κ3) is 4.94. The molecular formula is C21H32N2O. The van der Waals surface area contributed by atoms with E-state index in [0.717, 1.165) is 5.71 Å². The summed E-state index contributed by atoms with van der Waals surface area (Å²) in [6.45, 7) is 8.46. The Morgan fingerprint density at radius 1 is 1.25 bits per heavy atom. The van der Waals surface area contributed by atoms with Crippen molar-refractivity contribution in [3.05, 3.63) is 48.0 Å². The second-order valence-electron chi connectivity index (χ2n) is 7.23. The van der Waals surface area contributed by atoms with Gasteiger partial charge in [0.1, 0.15) is 6.61 Å². The van der Waals surface area contributed by atoms with E-state index < -0.39 is 0 Å². The Labute approximate surface area is 147 Å². The summed E-state index contributed by atoms with van der Waals surface area (Å²) in [5, 5.41) is 4.18. The van der Waals surface area contributed by atoms with Gasteiger partial charge in [0.05, 0.1) is 5.71 Å². The highest BCUT2D eigenvalue weighted by Gasteiger charge is 2.34. The fraction of sp³-hybridized carbons (Fsp3) is 0.571. The first kappa shape index (κ1) is 18.7. The van der Waals surface area contributed by atoms with Crippen molar-refractivity contribution >= 4 is 5.71 Å². The smallest absolute Gasteiger partial charge is 0.122 e. The maximum atomic E-state index is 5.73. The highest BCUT2D eigenvalue weighted by molar-refractivity contribution is 5.91. The summed E-state index contributed by atoms with van der Waals surface area (Å²) in [5.41, 5.74) is 3.58. The van der Waals surface area contributed by atoms with Crippen molar-refractivity contribution in [3.63, 3.8) is 0 Å². The van der Waals surface area contributed by atoms with Gasteiger partial charge in [-0.3, -0.25) is 0 Å². The summed E-state index contributed by atoms with van der Waals surface area (Å²) < 4.78 is 0. The van der Waals surface area contributed by atoms with Gasteiger partial charge in [0, 0.05) is 12.0 Å². The van der Waals surface area contributed by atoms with E-state index >= 15 is 0 Å². The Morgan fingerprint density at radius 3 is 2.54 bits per heavy atom. The minimum absolute atomic E-state index is 0.451. The first-order valence-electron chi connectivity index (χ1n) is 9.05. The minimum atomic E-state index is 0.451. The van der Waals surface area contributed by atoms with E-state index in [-0.39, 0.29) is 0 Å². The van der Waals surface area contributed by atoms with E-state index in [1.807, 2.05) is 6.92 Å². The molecule has 1 aromatic carbocycles. The van der Waals surface area contributed by atoms with Gasteiger partial charge in [0.15, 0.2) is 0 Å². The monoisotopic (exact) mass is 328 g/mol. The molecule has 0 aromatic heterocycles. The lowest BCUT2D eigenvalue weighted by Crippen LogP contribution is -2.39. The maximum Gasteiger partial charge on any atom is 0.122 e. The highest BCUT2D eigenvalue weighted by Crippen LogP contribution is 2.38. The Balaban J connectivity index is 2.25. The molecule has 0 saturated heterocycles. The molecule has 24 heavy (non-hydrogen) atoms. The number of hydrogen-bond donors (Lipinski definition) is 0. The van der Waals surface area contributed by atoms with Crippen LogP contribution in [0.5, 0.6) is 0 Å². The van der Waals surface area contributed by atoms with Gasteiger partial charge in [0.25, 0.3) is 0 Å². The highest BCUT2D eigenvalue weighted by atomic mass is 16.6. The molecule has 0 aliphatic heterocycles. The number of hydrogen-bond acceptors (Lipinski definition) is 3. The molecule has 0 N–H and O–H groups in total. The molecule has 3 heteroatoms. The van der Waals surface area contributed by atoms with Gasteiger partial charge in [-0.2, -0.15) is 0 Å². The van der Waals surface area contributed by atoms with Crippen LogP contribution in [0.4, 0.5) is 0 Å². The Bertz CT molecular complexity index is 547. The van der Waals surface area contributed by atoms with Crippen molar-refractivity contribution in [1.82, 2.24) is 4.90 Å². The SMILES string of the molecule is C=C/C(C)=N\OC[C@@H]1C(N(C)C)CCCC[C@@H]1c1ccc(C)cc1. The minimum Gasteiger partial charge on any atom is -0.395 e. The summed E-state index contributed by atoms with van der Waals surface area (Å²) in [7, 11) is 4.38. The van der Waals surface area contributed by atoms with Crippen LogP contribution in [-0.2, 0) is 4.84 Å². The van der Waals surface area contributed by atoms with Crippen LogP contribution in [0.3, 0.4) is 0 Å². The van der Waals surface area contributed by atoms with Crippen LogP contribution in [0.2, 0.25) is 0 Å². The molecule has 2 rings (SSSR count). The molecule has 0 radical (unpaired) electrons. The molecule has 3 nitrogen and oxygen atoms in total. The summed E-state index contributed by atoms with van der Waals surface area (Å²) in [5.74, 6) is 0.978. The molecule has 3 atom stereocenters. The molecule has 0 bridgehead atoms. The largest absolute Gasteiger partial charge is 0.395 e. The number of nitrogens with zero attached hydrogens (tertiary/aromatic N) is 2. The number of allylic oxidation sites excluding steroid dienone is 1. The molecule has 132 valence electrons. The molecule has 1 aliphatic carbocycles. The lowest BCUT2D eigenvalue weighted by molar-refractivity contribution is 0.0551. The van der Waals surface area contributed by atoms with Crippen LogP contribution in [0.1, 0.15) is 49.7 Å². The number of benzene rings is 1. The summed E-state index contributed by atoms with van der Waals surface area (Å²) in [6.07, 6.45) is 6.76. The van der Waals surface area contributed by atoms with E-state index in [1.165, 1.54) is 36.8 Å². The Kier molecular flexibility index (Phi) is 7.04. The molecule has 1 aliphatic rings. The third-order valence-corrected chi connectivity index (χ3v) is 5.22. The fourth-order valence-electron chi connectivity index (χ4n) is 3.77. The molecule has 0 amide bonds. The molecule has 1 aromatic rings. The van der Waals surface area contributed by atoms with E-state index in [4.69, 9.17) is 4.84 Å². The normalized spacial score (nSPS) is 25.4. The van der Waals surface area contributed by atoms with Crippen molar-refractivity contribution in [2.75, 3.05) is 20.7 Å². The van der Waals surface area contributed by atoms with Crippen molar-refractivity contribution in [2.24, 2.45) is 11.1 Å². The quantitative estimate of drug-likeness (QED) is 0.426. The second kappa shape index (κ2) is 9.03. The van der Waals surface area contributed by atoms with Crippen LogP contribution in [0.15, 0.2) is 42.1 Å². The Morgan fingerprint density at radius 2 is 1.92 bits per heavy atom. The van der Waals surface area contributed by atoms with Gasteiger partial charge in [-0.15, -0.1) is 0 Å². The molecular weight excluding hydrogens is 296 g/mol. The van der Waals surface area contributed by atoms with Crippen LogP contribution in [0.25, 0.3) is 0 Å². The van der Waals surface area contributed by atoms with Crippen molar-refractivity contribution in [1.29, 1.82) is 0 Å². The summed E-state index contributed by atoms with van der Waals surface area (Å²) >= 11 is 0. The lowest BCUT2D eigenvalue weighted by Gasteiger charge is -2.35. The van der Waals surface area contributed by atoms with E-state index in [9.17, 15) is 0 Å². The van der Waals surface area contributed by atoms with Crippen molar-refractivity contribution in [3.8, 4) is 0 Å². The van der Waals surface area contributed by atoms with E-state index in [1.54, 1.807) is 6.08 Å². The molecule has 1 fully saturated rings. The van der Waals surface area contributed by atoms with Gasteiger partial charge >= 0.3 is 0 Å². The van der Waals surface area contributed by atoms with Gasteiger partial charge in [-0.25, -0.2) is 0 Å². The Hall–Kier alpha value is -1.61. The fourth-order valence-corrected chi connectivity index (χ4v) is 3.77. The van der Waals surface area contributed by atoms with Gasteiger partial charge in [-0.05, 0) is 58.3 Å². The second-order valence-corrected chi connectivity index (χ2v) is 7.23. The average Bonchev–Trinajstić information content (AvgIpc) is 2.78. The molecule has 1 unspecified atom stereocenters. The summed E-state index contributed by atoms with van der Waals surface area (Å²) in [4.78, 5) is 8.09. The van der Waals surface area contributed by atoms with Crippen LogP contribution in [-0.4, -0.2) is 37.4 Å². The zero-order valence-electron chi connectivity index (χ0n) is 15.7. The van der Waals surface area contributed by atoms with Crippen LogP contribution >= 0.6 is 0 Å². The topological polar surface area (TPSA) is 24.8 Å². The number of rotatable bonds is 6. The van der Waals surface area contributed by atoms with E-state index in [0.29, 0.717) is 24.5 Å². The van der Waals surface area contributed by atoms with Crippen molar-refractivity contribution in [2.45, 2.75) is 51.5 Å². The maximum absolute atomic E-state index is 5.73. The van der Waals surface area contributed by atoms with Crippen molar-refractivity contribution < 1.29 is 4.84 Å². The first-order valence-corrected chi connectivity index (χ1v) is 9.05. The predicted molar refractivity (Wildman–Crippen MR) is 103 cm³/mol. The summed E-state index contributed by atoms with van der Waals surface area (Å²) in [6, 6.07) is 9.57. The lowest BCUT2D eigenvalue weighted by atomic mass is 9.80. The average molecular weight is 328 g/mol. The zero-order valence-corrected chi connectivity index (χ0v) is 15.7. The third-order valence-electron chi connectivity index (χ3n) is 5.22. The van der Waals surface area contributed by atoms with E-state index in [2.05, 4.69) is 61.9 Å². The standard InChI is InChI=1S/C21H32N2O/c1-6-17(3)22-24-15-20-19(18-13-11-16(2)12-14-18)9-7-8-10-21(20)23(4)5/h6,11-14,19-21H,1,7-10,15H2,2-5H3/b22-17-/t19-,20+,21?/m1/s1. The molecule has 0 heterocycles.